The number of carbonyl (C=O) groups is 2. The molecule has 0 bridgehead atoms. The normalized spacial score (nSPS) is 11.4. The van der Waals surface area contributed by atoms with Crippen LogP contribution in [0.1, 0.15) is 19.8 Å². The van der Waals surface area contributed by atoms with E-state index in [0.717, 1.165) is 12.1 Å². The van der Waals surface area contributed by atoms with Gasteiger partial charge in [-0.25, -0.2) is 8.78 Å². The third kappa shape index (κ3) is 6.50. The van der Waals surface area contributed by atoms with Crippen molar-refractivity contribution in [1.29, 1.82) is 0 Å². The maximum atomic E-state index is 12.9. The van der Waals surface area contributed by atoms with E-state index in [0.29, 0.717) is 12.8 Å². The van der Waals surface area contributed by atoms with Gasteiger partial charge in [-0.15, -0.1) is 12.4 Å². The molecule has 1 atom stereocenters. The summed E-state index contributed by atoms with van der Waals surface area (Å²) in [7, 11) is 0. The predicted octanol–water partition coefficient (Wildman–Crippen LogP) is 2.17. The van der Waals surface area contributed by atoms with Gasteiger partial charge in [0.2, 0.25) is 5.91 Å². The van der Waals surface area contributed by atoms with Gasteiger partial charge >= 0.3 is 5.97 Å². The Labute approximate surface area is 127 Å². The second kappa shape index (κ2) is 9.25. The maximum Gasteiger partial charge on any atom is 0.320 e. The van der Waals surface area contributed by atoms with Crippen molar-refractivity contribution in [2.45, 2.75) is 25.8 Å². The highest BCUT2D eigenvalue weighted by Crippen LogP contribution is 2.12. The van der Waals surface area contributed by atoms with Crippen molar-refractivity contribution >= 4 is 30.0 Å². The van der Waals surface area contributed by atoms with Crippen LogP contribution >= 0.6 is 12.4 Å². The number of hydrogen-bond acceptors (Lipinski definition) is 3. The fourth-order valence-electron chi connectivity index (χ4n) is 1.60. The van der Waals surface area contributed by atoms with Crippen LogP contribution in [0.25, 0.3) is 0 Å². The Morgan fingerprint density at radius 2 is 1.95 bits per heavy atom. The molecule has 0 radical (unpaired) electrons. The summed E-state index contributed by atoms with van der Waals surface area (Å²) in [5.41, 5.74) is 0.109. The van der Waals surface area contributed by atoms with E-state index in [1.54, 1.807) is 0 Å². The number of aliphatic carboxylic acids is 1. The van der Waals surface area contributed by atoms with Crippen molar-refractivity contribution in [2.75, 3.05) is 11.9 Å². The van der Waals surface area contributed by atoms with Crippen LogP contribution < -0.4 is 10.6 Å². The summed E-state index contributed by atoms with van der Waals surface area (Å²) in [6.45, 7) is 1.61. The SMILES string of the molecule is CCCC(NCC(=O)Nc1ccc(F)c(F)c1)C(=O)O.Cl. The minimum atomic E-state index is -1.06. The lowest BCUT2D eigenvalue weighted by molar-refractivity contribution is -0.139. The average molecular weight is 323 g/mol. The number of carboxylic acid groups (broad SMARTS) is 1. The van der Waals surface area contributed by atoms with Crippen LogP contribution in [0.15, 0.2) is 18.2 Å². The van der Waals surface area contributed by atoms with Gasteiger partial charge in [0.15, 0.2) is 11.6 Å². The summed E-state index contributed by atoms with van der Waals surface area (Å²) in [5, 5.41) is 13.8. The van der Waals surface area contributed by atoms with Crippen LogP contribution in [0, 0.1) is 11.6 Å². The molecular weight excluding hydrogens is 306 g/mol. The standard InChI is InChI=1S/C13H16F2N2O3.ClH/c1-2-3-11(13(19)20)16-7-12(18)17-8-4-5-9(14)10(15)6-8;/h4-6,11,16H,2-3,7H2,1H3,(H,17,18)(H,19,20);1H. The Balaban J connectivity index is 0.00000400. The largest absolute Gasteiger partial charge is 0.480 e. The van der Waals surface area contributed by atoms with Gasteiger partial charge in [0.1, 0.15) is 6.04 Å². The third-order valence-electron chi connectivity index (χ3n) is 2.59. The van der Waals surface area contributed by atoms with Crippen LogP contribution in [0.4, 0.5) is 14.5 Å². The lowest BCUT2D eigenvalue weighted by atomic mass is 10.2. The van der Waals surface area contributed by atoms with Crippen LogP contribution in [0.2, 0.25) is 0 Å². The summed E-state index contributed by atoms with van der Waals surface area (Å²) in [6, 6.07) is 2.16. The highest BCUT2D eigenvalue weighted by molar-refractivity contribution is 5.92. The molecule has 5 nitrogen and oxygen atoms in total. The quantitative estimate of drug-likeness (QED) is 0.719. The van der Waals surface area contributed by atoms with Gasteiger partial charge in [-0.3, -0.25) is 14.9 Å². The first-order valence-corrected chi connectivity index (χ1v) is 6.15. The Bertz CT molecular complexity index is 500. The van der Waals surface area contributed by atoms with Gasteiger partial charge in [-0.2, -0.15) is 0 Å². The molecule has 3 N–H and O–H groups in total. The van der Waals surface area contributed by atoms with E-state index in [9.17, 15) is 18.4 Å². The maximum absolute atomic E-state index is 12.9. The fraction of sp³-hybridized carbons (Fsp3) is 0.385. The Kier molecular flexibility index (Phi) is 8.49. The molecule has 8 heteroatoms. The number of nitrogens with one attached hydrogen (secondary N) is 2. The van der Waals surface area contributed by atoms with Crippen LogP contribution in [-0.2, 0) is 9.59 Å². The molecule has 1 unspecified atom stereocenters. The van der Waals surface area contributed by atoms with Gasteiger partial charge in [0.05, 0.1) is 6.54 Å². The van der Waals surface area contributed by atoms with Gasteiger partial charge < -0.3 is 10.4 Å². The van der Waals surface area contributed by atoms with Gasteiger partial charge in [0, 0.05) is 11.8 Å². The zero-order valence-electron chi connectivity index (χ0n) is 11.4. The zero-order valence-corrected chi connectivity index (χ0v) is 12.2. The first-order chi connectivity index (χ1) is 9.43. The van der Waals surface area contributed by atoms with Crippen molar-refractivity contribution in [3.8, 4) is 0 Å². The molecule has 0 aliphatic heterocycles. The average Bonchev–Trinajstić information content (AvgIpc) is 2.38. The number of rotatable bonds is 7. The molecule has 0 saturated heterocycles. The molecule has 0 fully saturated rings. The second-order valence-electron chi connectivity index (χ2n) is 4.24. The predicted molar refractivity (Wildman–Crippen MR) is 76.6 cm³/mol. The summed E-state index contributed by atoms with van der Waals surface area (Å²) in [5.74, 6) is -3.63. The van der Waals surface area contributed by atoms with E-state index in [-0.39, 0.29) is 24.6 Å². The Morgan fingerprint density at radius 1 is 1.29 bits per heavy atom. The molecule has 0 heterocycles. The molecule has 0 aromatic heterocycles. The van der Waals surface area contributed by atoms with Gasteiger partial charge in [-0.1, -0.05) is 13.3 Å². The highest BCUT2D eigenvalue weighted by atomic mass is 35.5. The number of benzene rings is 1. The van der Waals surface area contributed by atoms with E-state index < -0.39 is 29.6 Å². The van der Waals surface area contributed by atoms with Crippen LogP contribution in [-0.4, -0.2) is 29.6 Å². The lowest BCUT2D eigenvalue weighted by Crippen LogP contribution is -2.41. The summed E-state index contributed by atoms with van der Waals surface area (Å²) in [4.78, 5) is 22.4. The van der Waals surface area contributed by atoms with Gasteiger partial charge in [0.25, 0.3) is 0 Å². The van der Waals surface area contributed by atoms with E-state index in [1.165, 1.54) is 6.07 Å². The number of amides is 1. The summed E-state index contributed by atoms with van der Waals surface area (Å²) < 4.78 is 25.6. The molecule has 0 spiro atoms. The second-order valence-corrected chi connectivity index (χ2v) is 4.24. The highest BCUT2D eigenvalue weighted by Gasteiger charge is 2.16. The molecule has 118 valence electrons. The fourth-order valence-corrected chi connectivity index (χ4v) is 1.60. The smallest absolute Gasteiger partial charge is 0.320 e. The first kappa shape index (κ1) is 19.3. The number of carboxylic acids is 1. The molecule has 21 heavy (non-hydrogen) atoms. The van der Waals surface area contributed by atoms with E-state index >= 15 is 0 Å². The minimum absolute atomic E-state index is 0. The lowest BCUT2D eigenvalue weighted by Gasteiger charge is -2.13. The topological polar surface area (TPSA) is 78.4 Å². The molecule has 0 aliphatic rings. The molecule has 1 aromatic rings. The molecule has 0 saturated carbocycles. The Morgan fingerprint density at radius 3 is 2.48 bits per heavy atom. The Hall–Kier alpha value is -1.73. The first-order valence-electron chi connectivity index (χ1n) is 6.15. The van der Waals surface area contributed by atoms with Crippen molar-refractivity contribution in [3.05, 3.63) is 29.8 Å². The summed E-state index contributed by atoms with van der Waals surface area (Å²) >= 11 is 0. The number of halogens is 3. The summed E-state index contributed by atoms with van der Waals surface area (Å²) in [6.07, 6.45) is 1.06. The van der Waals surface area contributed by atoms with Crippen molar-refractivity contribution in [1.82, 2.24) is 5.32 Å². The number of anilines is 1. The molecule has 0 aliphatic carbocycles. The molecular formula is C13H17ClF2N2O3. The van der Waals surface area contributed by atoms with Crippen molar-refractivity contribution < 1.29 is 23.5 Å². The van der Waals surface area contributed by atoms with Gasteiger partial charge in [-0.05, 0) is 18.6 Å². The monoisotopic (exact) mass is 322 g/mol. The van der Waals surface area contributed by atoms with Crippen molar-refractivity contribution in [3.63, 3.8) is 0 Å². The number of hydrogen-bond donors (Lipinski definition) is 3. The van der Waals surface area contributed by atoms with E-state index in [2.05, 4.69) is 10.6 Å². The van der Waals surface area contributed by atoms with E-state index in [4.69, 9.17) is 5.11 Å². The molecule has 1 rings (SSSR count). The molecule has 1 amide bonds. The molecule has 1 aromatic carbocycles. The minimum Gasteiger partial charge on any atom is -0.480 e. The third-order valence-corrected chi connectivity index (χ3v) is 2.59. The van der Waals surface area contributed by atoms with E-state index in [1.807, 2.05) is 6.92 Å². The number of carbonyl (C=O) groups excluding carboxylic acids is 1. The van der Waals surface area contributed by atoms with Crippen molar-refractivity contribution in [2.24, 2.45) is 0 Å². The zero-order chi connectivity index (χ0) is 15.1. The van der Waals surface area contributed by atoms with Crippen LogP contribution in [0.3, 0.4) is 0 Å². The van der Waals surface area contributed by atoms with Crippen LogP contribution in [0.5, 0.6) is 0 Å².